The number of hydrogen-bond donors (Lipinski definition) is 2. The van der Waals surface area contributed by atoms with Gasteiger partial charge in [-0.15, -0.1) is 0 Å². The molecule has 0 atom stereocenters. The summed E-state index contributed by atoms with van der Waals surface area (Å²) >= 11 is 8.76. The van der Waals surface area contributed by atoms with E-state index >= 15 is 0 Å². The van der Waals surface area contributed by atoms with Crippen LogP contribution in [0.25, 0.3) is 11.4 Å². The lowest BCUT2D eigenvalue weighted by Gasteiger charge is -2.13. The maximum absolute atomic E-state index is 12.0. The first-order valence-corrected chi connectivity index (χ1v) is 10.1. The third kappa shape index (κ3) is 5.39. The molecule has 0 fully saturated rings. The summed E-state index contributed by atoms with van der Waals surface area (Å²) in [5.74, 6) is 0.541. The Morgan fingerprint density at radius 2 is 2.07 bits per heavy atom. The van der Waals surface area contributed by atoms with Gasteiger partial charge in [0.1, 0.15) is 0 Å². The normalized spacial score (nSPS) is 10.4. The number of ether oxygens (including phenoxy) is 1. The minimum Gasteiger partial charge on any atom is -0.462 e. The minimum atomic E-state index is -0.363. The number of nitrogens with zero attached hydrogens (tertiary/aromatic N) is 2. The first-order valence-electron chi connectivity index (χ1n) is 8.88. The van der Waals surface area contributed by atoms with Crippen LogP contribution in [0, 0.1) is 6.92 Å². The summed E-state index contributed by atoms with van der Waals surface area (Å²) in [6.45, 7) is 4.19. The lowest BCUT2D eigenvalue weighted by molar-refractivity contribution is 0.0525. The average Bonchev–Trinajstić information content (AvgIpc) is 3.17. The Morgan fingerprint density at radius 1 is 1.28 bits per heavy atom. The van der Waals surface area contributed by atoms with Crippen molar-refractivity contribution < 1.29 is 14.1 Å². The second kappa shape index (κ2) is 9.62. The van der Waals surface area contributed by atoms with Crippen LogP contribution >= 0.6 is 28.1 Å². The first-order chi connectivity index (χ1) is 14.0. The monoisotopic (exact) mass is 474 g/mol. The zero-order chi connectivity index (χ0) is 20.8. The number of nitrogens with one attached hydrogen (secondary N) is 2. The van der Waals surface area contributed by atoms with Crippen LogP contribution in [0.4, 0.5) is 5.69 Å². The number of aromatic nitrogens is 2. The molecule has 3 rings (SSSR count). The SMILES string of the molecule is CCOC(=O)c1cccc(NC(=S)NCc2nc(-c3cccc(Br)c3)no2)c1C. The molecule has 1 aromatic heterocycles. The summed E-state index contributed by atoms with van der Waals surface area (Å²) in [5, 5.41) is 10.5. The molecule has 150 valence electrons. The van der Waals surface area contributed by atoms with Crippen LogP contribution in [0.5, 0.6) is 0 Å². The molecule has 0 saturated heterocycles. The van der Waals surface area contributed by atoms with Gasteiger partial charge < -0.3 is 19.9 Å². The predicted molar refractivity (Wildman–Crippen MR) is 118 cm³/mol. The molecule has 0 aliphatic carbocycles. The van der Waals surface area contributed by atoms with Crippen molar-refractivity contribution in [2.45, 2.75) is 20.4 Å². The van der Waals surface area contributed by atoms with Crippen LogP contribution < -0.4 is 10.6 Å². The van der Waals surface area contributed by atoms with Crippen LogP contribution in [0.3, 0.4) is 0 Å². The zero-order valence-corrected chi connectivity index (χ0v) is 18.3. The molecule has 1 heterocycles. The molecule has 3 aromatic rings. The summed E-state index contributed by atoms with van der Waals surface area (Å²) in [6, 6.07) is 13.0. The molecular weight excluding hydrogens is 456 g/mol. The molecule has 29 heavy (non-hydrogen) atoms. The Kier molecular flexibility index (Phi) is 6.95. The van der Waals surface area contributed by atoms with Crippen molar-refractivity contribution in [2.75, 3.05) is 11.9 Å². The maximum Gasteiger partial charge on any atom is 0.338 e. The van der Waals surface area contributed by atoms with Crippen molar-refractivity contribution in [2.24, 2.45) is 0 Å². The van der Waals surface area contributed by atoms with E-state index in [4.69, 9.17) is 21.5 Å². The maximum atomic E-state index is 12.0. The highest BCUT2D eigenvalue weighted by Gasteiger charge is 2.14. The number of esters is 1. The molecule has 2 N–H and O–H groups in total. The Balaban J connectivity index is 1.61. The van der Waals surface area contributed by atoms with Gasteiger partial charge in [0, 0.05) is 15.7 Å². The van der Waals surface area contributed by atoms with E-state index in [-0.39, 0.29) is 12.5 Å². The van der Waals surface area contributed by atoms with Crippen LogP contribution in [-0.4, -0.2) is 27.8 Å². The molecule has 0 aliphatic rings. The van der Waals surface area contributed by atoms with Gasteiger partial charge in [0.25, 0.3) is 0 Å². The fraction of sp³-hybridized carbons (Fsp3) is 0.200. The van der Waals surface area contributed by atoms with E-state index in [0.717, 1.165) is 15.6 Å². The third-order valence-corrected chi connectivity index (χ3v) is 4.77. The fourth-order valence-electron chi connectivity index (χ4n) is 2.59. The Labute approximate surface area is 182 Å². The highest BCUT2D eigenvalue weighted by atomic mass is 79.9. The smallest absolute Gasteiger partial charge is 0.338 e. The highest BCUT2D eigenvalue weighted by Crippen LogP contribution is 2.21. The lowest BCUT2D eigenvalue weighted by atomic mass is 10.1. The molecular formula is C20H19BrN4O3S. The van der Waals surface area contributed by atoms with Crippen molar-refractivity contribution in [1.82, 2.24) is 15.5 Å². The number of hydrogen-bond acceptors (Lipinski definition) is 6. The van der Waals surface area contributed by atoms with Gasteiger partial charge in [-0.1, -0.05) is 39.3 Å². The van der Waals surface area contributed by atoms with Crippen molar-refractivity contribution in [3.8, 4) is 11.4 Å². The number of thiocarbonyl (C=S) groups is 1. The van der Waals surface area contributed by atoms with Gasteiger partial charge in [-0.25, -0.2) is 4.79 Å². The van der Waals surface area contributed by atoms with Crippen molar-refractivity contribution in [1.29, 1.82) is 0 Å². The van der Waals surface area contributed by atoms with Gasteiger partial charge in [-0.2, -0.15) is 4.98 Å². The zero-order valence-electron chi connectivity index (χ0n) is 15.9. The number of halogens is 1. The van der Waals surface area contributed by atoms with Crippen LogP contribution in [0.1, 0.15) is 28.7 Å². The van der Waals surface area contributed by atoms with Crippen LogP contribution in [0.15, 0.2) is 51.5 Å². The van der Waals surface area contributed by atoms with Gasteiger partial charge in [0.15, 0.2) is 5.11 Å². The molecule has 0 bridgehead atoms. The van der Waals surface area contributed by atoms with E-state index in [1.165, 1.54) is 0 Å². The molecule has 0 aliphatic heterocycles. The van der Waals surface area contributed by atoms with Gasteiger partial charge >= 0.3 is 5.97 Å². The van der Waals surface area contributed by atoms with Gasteiger partial charge in [-0.05, 0) is 55.9 Å². The topological polar surface area (TPSA) is 89.3 Å². The quantitative estimate of drug-likeness (QED) is 0.399. The molecule has 0 radical (unpaired) electrons. The number of benzene rings is 2. The summed E-state index contributed by atoms with van der Waals surface area (Å²) in [6.07, 6.45) is 0. The number of anilines is 1. The summed E-state index contributed by atoms with van der Waals surface area (Å²) in [7, 11) is 0. The number of rotatable bonds is 6. The van der Waals surface area contributed by atoms with Crippen molar-refractivity contribution in [3.63, 3.8) is 0 Å². The molecule has 2 aromatic carbocycles. The summed E-state index contributed by atoms with van der Waals surface area (Å²) in [4.78, 5) is 16.4. The van der Waals surface area contributed by atoms with Crippen molar-refractivity contribution in [3.05, 3.63) is 64.0 Å². The summed E-state index contributed by atoms with van der Waals surface area (Å²) in [5.41, 5.74) is 2.81. The standard InChI is InChI=1S/C20H19BrN4O3S/c1-3-27-19(26)15-8-5-9-16(12(15)2)23-20(29)22-11-17-24-18(25-28-17)13-6-4-7-14(21)10-13/h4-10H,3,11H2,1-2H3,(H2,22,23,29). The second-order valence-electron chi connectivity index (χ2n) is 6.03. The minimum absolute atomic E-state index is 0.267. The highest BCUT2D eigenvalue weighted by molar-refractivity contribution is 9.10. The van der Waals surface area contributed by atoms with Crippen LogP contribution in [0.2, 0.25) is 0 Å². The third-order valence-electron chi connectivity index (χ3n) is 4.03. The first kappa shape index (κ1) is 20.9. The molecule has 9 heteroatoms. The Morgan fingerprint density at radius 3 is 2.83 bits per heavy atom. The number of carbonyl (C=O) groups is 1. The van der Waals surface area contributed by atoms with Gasteiger partial charge in [-0.3, -0.25) is 0 Å². The van der Waals surface area contributed by atoms with Gasteiger partial charge in [0.2, 0.25) is 11.7 Å². The van der Waals surface area contributed by atoms with Crippen LogP contribution in [-0.2, 0) is 11.3 Å². The molecule has 0 unspecified atom stereocenters. The molecule has 0 saturated carbocycles. The van der Waals surface area contributed by atoms with E-state index < -0.39 is 0 Å². The van der Waals surface area contributed by atoms with E-state index in [1.807, 2.05) is 37.3 Å². The average molecular weight is 475 g/mol. The Bertz CT molecular complexity index is 1040. The van der Waals surface area contributed by atoms with E-state index in [1.54, 1.807) is 19.1 Å². The van der Waals surface area contributed by atoms with Crippen molar-refractivity contribution >= 4 is 44.9 Å². The van der Waals surface area contributed by atoms with Gasteiger partial charge in [0.05, 0.1) is 18.7 Å². The second-order valence-corrected chi connectivity index (χ2v) is 7.35. The van der Waals surface area contributed by atoms with E-state index in [0.29, 0.717) is 34.7 Å². The molecule has 0 spiro atoms. The van der Waals surface area contributed by atoms with E-state index in [9.17, 15) is 4.79 Å². The summed E-state index contributed by atoms with van der Waals surface area (Å²) < 4.78 is 11.3. The van der Waals surface area contributed by atoms with E-state index in [2.05, 4.69) is 36.7 Å². The lowest BCUT2D eigenvalue weighted by Crippen LogP contribution is -2.28. The molecule has 7 nitrogen and oxygen atoms in total. The fourth-order valence-corrected chi connectivity index (χ4v) is 3.18. The predicted octanol–water partition coefficient (Wildman–Crippen LogP) is 4.47. The molecule has 0 amide bonds. The number of carbonyl (C=O) groups excluding carboxylic acids is 1. The largest absolute Gasteiger partial charge is 0.462 e. The Hall–Kier alpha value is -2.78.